The van der Waals surface area contributed by atoms with E-state index in [1.54, 1.807) is 0 Å². The summed E-state index contributed by atoms with van der Waals surface area (Å²) in [6.07, 6.45) is 1.82. The van der Waals surface area contributed by atoms with Crippen LogP contribution in [0, 0.1) is 20.8 Å². The van der Waals surface area contributed by atoms with E-state index < -0.39 is 0 Å². The molecule has 2 rings (SSSR count). The Morgan fingerprint density at radius 2 is 1.80 bits per heavy atom. The Kier molecular flexibility index (Phi) is 4.55. The van der Waals surface area contributed by atoms with Gasteiger partial charge in [0.1, 0.15) is 6.33 Å². The van der Waals surface area contributed by atoms with Crippen LogP contribution >= 0.6 is 0 Å². The van der Waals surface area contributed by atoms with Crippen LogP contribution in [0.1, 0.15) is 41.9 Å². The molecule has 0 saturated heterocycles. The first-order valence-electron chi connectivity index (χ1n) is 7.14. The number of benzene rings is 1. The molecule has 0 aliphatic rings. The number of aryl methyl sites for hydroxylation is 3. The van der Waals surface area contributed by atoms with Gasteiger partial charge in [0.2, 0.25) is 0 Å². The molecule has 0 fully saturated rings. The van der Waals surface area contributed by atoms with Crippen LogP contribution in [0.3, 0.4) is 0 Å². The van der Waals surface area contributed by atoms with E-state index >= 15 is 0 Å². The molecule has 0 radical (unpaired) electrons. The Morgan fingerprint density at radius 1 is 1.15 bits per heavy atom. The fourth-order valence-corrected chi connectivity index (χ4v) is 2.41. The van der Waals surface area contributed by atoms with Crippen molar-refractivity contribution in [2.45, 2.75) is 53.8 Å². The van der Waals surface area contributed by atoms with Crippen LogP contribution in [0.25, 0.3) is 0 Å². The lowest BCUT2D eigenvalue weighted by atomic mass is 10.00. The van der Waals surface area contributed by atoms with Gasteiger partial charge in [-0.3, -0.25) is 0 Å². The first-order valence-corrected chi connectivity index (χ1v) is 7.14. The van der Waals surface area contributed by atoms with Gasteiger partial charge in [-0.05, 0) is 37.5 Å². The monoisotopic (exact) mass is 272 g/mol. The van der Waals surface area contributed by atoms with Crippen molar-refractivity contribution in [2.24, 2.45) is 0 Å². The van der Waals surface area contributed by atoms with Gasteiger partial charge in [-0.25, -0.2) is 9.67 Å². The highest BCUT2D eigenvalue weighted by atomic mass is 15.3. The number of hydrogen-bond donors (Lipinski definition) is 1. The first-order chi connectivity index (χ1) is 9.45. The van der Waals surface area contributed by atoms with Gasteiger partial charge in [-0.2, -0.15) is 5.10 Å². The minimum absolute atomic E-state index is 0.448. The van der Waals surface area contributed by atoms with Crippen LogP contribution in [-0.2, 0) is 13.1 Å². The Bertz CT molecular complexity index is 561. The van der Waals surface area contributed by atoms with Crippen molar-refractivity contribution in [3.8, 4) is 0 Å². The fraction of sp³-hybridized carbons (Fsp3) is 0.500. The molecule has 4 nitrogen and oxygen atoms in total. The van der Waals surface area contributed by atoms with Gasteiger partial charge in [-0.15, -0.1) is 0 Å². The van der Waals surface area contributed by atoms with Crippen molar-refractivity contribution in [3.05, 3.63) is 46.5 Å². The fourth-order valence-electron chi connectivity index (χ4n) is 2.41. The number of nitrogens with one attached hydrogen (secondary N) is 1. The molecule has 4 heteroatoms. The van der Waals surface area contributed by atoms with E-state index in [-0.39, 0.29) is 0 Å². The zero-order valence-corrected chi connectivity index (χ0v) is 13.1. The van der Waals surface area contributed by atoms with Crippen LogP contribution in [0.15, 0.2) is 18.5 Å². The quantitative estimate of drug-likeness (QED) is 0.910. The Morgan fingerprint density at radius 3 is 2.40 bits per heavy atom. The highest BCUT2D eigenvalue weighted by Gasteiger charge is 2.07. The Labute approximate surface area is 121 Å². The molecule has 1 heterocycles. The van der Waals surface area contributed by atoms with Crippen LogP contribution < -0.4 is 5.32 Å². The number of rotatable bonds is 5. The summed E-state index contributed by atoms with van der Waals surface area (Å²) in [5, 5.41) is 7.86. The maximum Gasteiger partial charge on any atom is 0.164 e. The second-order valence-electron chi connectivity index (χ2n) is 5.77. The molecular weight excluding hydrogens is 248 g/mol. The number of nitrogens with zero attached hydrogens (tertiary/aromatic N) is 3. The molecule has 108 valence electrons. The third-order valence-electron chi connectivity index (χ3n) is 3.41. The summed E-state index contributed by atoms with van der Waals surface area (Å²) in [7, 11) is 0. The van der Waals surface area contributed by atoms with Crippen molar-refractivity contribution in [2.75, 3.05) is 0 Å². The van der Waals surface area contributed by atoms with Crippen molar-refractivity contribution in [1.82, 2.24) is 20.1 Å². The van der Waals surface area contributed by atoms with Crippen LogP contribution in [0.4, 0.5) is 0 Å². The molecule has 0 aliphatic heterocycles. The summed E-state index contributed by atoms with van der Waals surface area (Å²) >= 11 is 0. The predicted molar refractivity (Wildman–Crippen MR) is 81.8 cm³/mol. The summed E-state index contributed by atoms with van der Waals surface area (Å²) in [5.41, 5.74) is 5.28. The molecule has 0 aliphatic carbocycles. The second kappa shape index (κ2) is 6.18. The summed E-state index contributed by atoms with van der Waals surface area (Å²) < 4.78 is 1.92. The van der Waals surface area contributed by atoms with E-state index in [2.05, 4.69) is 62.2 Å². The predicted octanol–water partition coefficient (Wildman–Crippen LogP) is 2.75. The molecule has 20 heavy (non-hydrogen) atoms. The van der Waals surface area contributed by atoms with E-state index in [1.807, 2.05) is 11.0 Å². The van der Waals surface area contributed by atoms with E-state index in [4.69, 9.17) is 0 Å². The summed E-state index contributed by atoms with van der Waals surface area (Å²) in [6, 6.07) is 4.89. The maximum absolute atomic E-state index is 4.53. The highest BCUT2D eigenvalue weighted by molar-refractivity contribution is 5.37. The Balaban J connectivity index is 2.11. The molecule has 1 aromatic heterocycles. The molecule has 0 bridgehead atoms. The van der Waals surface area contributed by atoms with E-state index in [0.29, 0.717) is 6.04 Å². The van der Waals surface area contributed by atoms with E-state index in [0.717, 1.165) is 18.9 Å². The summed E-state index contributed by atoms with van der Waals surface area (Å²) in [4.78, 5) is 4.35. The lowest BCUT2D eigenvalue weighted by Gasteiger charge is -2.11. The van der Waals surface area contributed by atoms with Gasteiger partial charge in [-0.1, -0.05) is 31.5 Å². The number of aromatic nitrogens is 3. The van der Waals surface area contributed by atoms with Gasteiger partial charge in [0.05, 0.1) is 13.1 Å². The van der Waals surface area contributed by atoms with Gasteiger partial charge in [0, 0.05) is 6.04 Å². The maximum atomic E-state index is 4.53. The summed E-state index contributed by atoms with van der Waals surface area (Å²) in [6.45, 7) is 12.2. The average Bonchev–Trinajstić information content (AvgIpc) is 2.79. The molecule has 1 aromatic carbocycles. The average molecular weight is 272 g/mol. The van der Waals surface area contributed by atoms with Crippen LogP contribution in [-0.4, -0.2) is 20.8 Å². The molecule has 0 saturated carbocycles. The molecule has 0 amide bonds. The van der Waals surface area contributed by atoms with Gasteiger partial charge < -0.3 is 5.32 Å². The normalized spacial score (nSPS) is 11.3. The first kappa shape index (κ1) is 14.7. The molecule has 1 N–H and O–H groups in total. The van der Waals surface area contributed by atoms with Gasteiger partial charge in [0.15, 0.2) is 5.82 Å². The molecule has 0 spiro atoms. The largest absolute Gasteiger partial charge is 0.308 e. The lowest BCUT2D eigenvalue weighted by Crippen LogP contribution is -2.22. The van der Waals surface area contributed by atoms with E-state index in [1.165, 1.54) is 22.3 Å². The third kappa shape index (κ3) is 3.67. The minimum atomic E-state index is 0.448. The molecule has 2 aromatic rings. The van der Waals surface area contributed by atoms with Gasteiger partial charge >= 0.3 is 0 Å². The smallest absolute Gasteiger partial charge is 0.164 e. The Hall–Kier alpha value is -1.68. The van der Waals surface area contributed by atoms with Crippen molar-refractivity contribution in [3.63, 3.8) is 0 Å². The zero-order chi connectivity index (χ0) is 14.7. The summed E-state index contributed by atoms with van der Waals surface area (Å²) in [5.74, 6) is 0.848. The van der Waals surface area contributed by atoms with E-state index in [9.17, 15) is 0 Å². The third-order valence-corrected chi connectivity index (χ3v) is 3.41. The molecular formula is C16H24N4. The highest BCUT2D eigenvalue weighted by Crippen LogP contribution is 2.17. The van der Waals surface area contributed by atoms with Gasteiger partial charge in [0.25, 0.3) is 0 Å². The van der Waals surface area contributed by atoms with Crippen LogP contribution in [0.2, 0.25) is 0 Å². The van der Waals surface area contributed by atoms with Crippen LogP contribution in [0.5, 0.6) is 0 Å². The topological polar surface area (TPSA) is 42.7 Å². The molecule has 0 unspecified atom stereocenters. The standard InChI is InChI=1S/C16H24N4/c1-11(2)17-8-16-18-10-20(19-16)9-15-13(4)6-12(3)7-14(15)5/h6-7,10-11,17H,8-9H2,1-5H3. The lowest BCUT2D eigenvalue weighted by molar-refractivity contribution is 0.565. The van der Waals surface area contributed by atoms with Crippen molar-refractivity contribution in [1.29, 1.82) is 0 Å². The molecule has 0 atom stereocenters. The van der Waals surface area contributed by atoms with Crippen molar-refractivity contribution < 1.29 is 0 Å². The minimum Gasteiger partial charge on any atom is -0.308 e. The number of hydrogen-bond acceptors (Lipinski definition) is 3. The SMILES string of the molecule is Cc1cc(C)c(Cn2cnc(CNC(C)C)n2)c(C)c1. The van der Waals surface area contributed by atoms with Crippen molar-refractivity contribution >= 4 is 0 Å². The zero-order valence-electron chi connectivity index (χ0n) is 13.1. The second-order valence-corrected chi connectivity index (χ2v) is 5.77.